The normalized spacial score (nSPS) is 27.0. The van der Waals surface area contributed by atoms with Crippen molar-refractivity contribution in [2.24, 2.45) is 0 Å². The third-order valence-corrected chi connectivity index (χ3v) is 2.88. The van der Waals surface area contributed by atoms with Crippen LogP contribution in [0.1, 0.15) is 30.5 Å². The zero-order valence-corrected chi connectivity index (χ0v) is 8.36. The summed E-state index contributed by atoms with van der Waals surface area (Å²) >= 11 is 0. The summed E-state index contributed by atoms with van der Waals surface area (Å²) in [4.78, 5) is 0. The fourth-order valence-corrected chi connectivity index (χ4v) is 1.90. The minimum absolute atomic E-state index is 0.185. The molecule has 2 rings (SSSR count). The van der Waals surface area contributed by atoms with Crippen LogP contribution < -0.4 is 5.32 Å². The molecule has 4 heteroatoms. The van der Waals surface area contributed by atoms with Crippen LogP contribution in [0.3, 0.4) is 0 Å². The van der Waals surface area contributed by atoms with Crippen molar-refractivity contribution in [2.45, 2.75) is 44.9 Å². The van der Waals surface area contributed by atoms with Gasteiger partial charge in [0.05, 0.1) is 11.8 Å². The quantitative estimate of drug-likeness (QED) is 0.756. The molecule has 0 radical (unpaired) electrons. The lowest BCUT2D eigenvalue weighted by atomic mass is 10.2. The second-order valence-electron chi connectivity index (χ2n) is 3.91. The number of rotatable bonds is 3. The Bertz CT molecular complexity index is 298. The lowest BCUT2D eigenvalue weighted by molar-refractivity contribution is 0.148. The highest BCUT2D eigenvalue weighted by atomic mass is 16.5. The Morgan fingerprint density at radius 3 is 3.07 bits per heavy atom. The number of aromatic nitrogens is 1. The van der Waals surface area contributed by atoms with E-state index in [4.69, 9.17) is 4.52 Å². The molecule has 0 aliphatic heterocycles. The van der Waals surface area contributed by atoms with E-state index in [0.29, 0.717) is 0 Å². The third kappa shape index (κ3) is 1.96. The molecule has 2 N–H and O–H groups in total. The summed E-state index contributed by atoms with van der Waals surface area (Å²) in [6.45, 7) is 2.66. The first-order valence-corrected chi connectivity index (χ1v) is 5.08. The van der Waals surface area contributed by atoms with Crippen molar-refractivity contribution in [3.63, 3.8) is 0 Å². The van der Waals surface area contributed by atoms with Crippen molar-refractivity contribution in [3.8, 4) is 0 Å². The second kappa shape index (κ2) is 4.11. The van der Waals surface area contributed by atoms with E-state index >= 15 is 0 Å². The van der Waals surface area contributed by atoms with Crippen molar-refractivity contribution in [1.82, 2.24) is 10.5 Å². The maximum absolute atomic E-state index is 9.59. The number of nitrogens with one attached hydrogen (secondary N) is 1. The predicted octanol–water partition coefficient (Wildman–Crippen LogP) is 0.986. The monoisotopic (exact) mass is 196 g/mol. The summed E-state index contributed by atoms with van der Waals surface area (Å²) in [6, 6.07) is 0.240. The van der Waals surface area contributed by atoms with Crippen LogP contribution in [0.15, 0.2) is 10.8 Å². The number of hydrogen-bond donors (Lipinski definition) is 2. The van der Waals surface area contributed by atoms with Crippen molar-refractivity contribution < 1.29 is 9.63 Å². The molecule has 78 valence electrons. The standard InChI is InChI=1S/C10H16N2O2/c1-7-8(6-14-12-7)5-11-9-3-2-4-10(9)13/h6,9-11,13H,2-5H2,1H3. The molecular weight excluding hydrogens is 180 g/mol. The van der Waals surface area contributed by atoms with E-state index in [-0.39, 0.29) is 12.1 Å². The van der Waals surface area contributed by atoms with E-state index in [1.165, 1.54) is 0 Å². The van der Waals surface area contributed by atoms with E-state index in [1.807, 2.05) is 6.92 Å². The average Bonchev–Trinajstić information content (AvgIpc) is 2.72. The number of aliphatic hydroxyl groups excluding tert-OH is 1. The SMILES string of the molecule is Cc1nocc1CNC1CCCC1O. The van der Waals surface area contributed by atoms with Gasteiger partial charge < -0.3 is 14.9 Å². The Labute approximate surface area is 83.3 Å². The molecule has 1 aromatic rings. The molecule has 0 amide bonds. The zero-order chi connectivity index (χ0) is 9.97. The highest BCUT2D eigenvalue weighted by Crippen LogP contribution is 2.19. The number of aliphatic hydroxyl groups is 1. The molecule has 1 aromatic heterocycles. The molecule has 1 saturated carbocycles. The Morgan fingerprint density at radius 2 is 2.50 bits per heavy atom. The number of nitrogens with zero attached hydrogens (tertiary/aromatic N) is 1. The van der Waals surface area contributed by atoms with Gasteiger partial charge in [0.2, 0.25) is 0 Å². The largest absolute Gasteiger partial charge is 0.392 e. The Kier molecular flexibility index (Phi) is 2.84. The van der Waals surface area contributed by atoms with Crippen LogP contribution in [0, 0.1) is 6.92 Å². The zero-order valence-electron chi connectivity index (χ0n) is 8.36. The lowest BCUT2D eigenvalue weighted by Gasteiger charge is -2.15. The smallest absolute Gasteiger partial charge is 0.128 e. The van der Waals surface area contributed by atoms with Gasteiger partial charge >= 0.3 is 0 Å². The number of hydrogen-bond acceptors (Lipinski definition) is 4. The van der Waals surface area contributed by atoms with E-state index in [0.717, 1.165) is 37.1 Å². The van der Waals surface area contributed by atoms with E-state index in [1.54, 1.807) is 6.26 Å². The van der Waals surface area contributed by atoms with Gasteiger partial charge in [-0.05, 0) is 26.2 Å². The first-order chi connectivity index (χ1) is 6.77. The van der Waals surface area contributed by atoms with Crippen LogP contribution in [0.4, 0.5) is 0 Å². The summed E-state index contributed by atoms with van der Waals surface area (Å²) < 4.78 is 4.83. The predicted molar refractivity (Wildman–Crippen MR) is 51.7 cm³/mol. The van der Waals surface area contributed by atoms with Gasteiger partial charge in [-0.25, -0.2) is 0 Å². The molecule has 0 saturated heterocycles. The molecule has 0 aromatic carbocycles. The third-order valence-electron chi connectivity index (χ3n) is 2.88. The summed E-state index contributed by atoms with van der Waals surface area (Å²) in [5.41, 5.74) is 1.99. The second-order valence-corrected chi connectivity index (χ2v) is 3.91. The fraction of sp³-hybridized carbons (Fsp3) is 0.700. The first kappa shape index (κ1) is 9.68. The summed E-state index contributed by atoms with van der Waals surface area (Å²) in [6.07, 6.45) is 4.56. The topological polar surface area (TPSA) is 58.3 Å². The van der Waals surface area contributed by atoms with Gasteiger partial charge in [-0.1, -0.05) is 5.16 Å². The van der Waals surface area contributed by atoms with Crippen molar-refractivity contribution in [2.75, 3.05) is 0 Å². The number of aryl methyl sites for hydroxylation is 1. The molecule has 14 heavy (non-hydrogen) atoms. The van der Waals surface area contributed by atoms with Crippen LogP contribution in [0.25, 0.3) is 0 Å². The van der Waals surface area contributed by atoms with Gasteiger partial charge in [0, 0.05) is 18.2 Å². The molecule has 4 nitrogen and oxygen atoms in total. The van der Waals surface area contributed by atoms with Crippen LogP contribution >= 0.6 is 0 Å². The molecule has 0 spiro atoms. The van der Waals surface area contributed by atoms with Crippen LogP contribution in [-0.2, 0) is 6.54 Å². The highest BCUT2D eigenvalue weighted by molar-refractivity contribution is 5.12. The van der Waals surface area contributed by atoms with Crippen molar-refractivity contribution in [3.05, 3.63) is 17.5 Å². The van der Waals surface area contributed by atoms with Gasteiger partial charge in [-0.3, -0.25) is 0 Å². The molecule has 1 fully saturated rings. The highest BCUT2D eigenvalue weighted by Gasteiger charge is 2.24. The van der Waals surface area contributed by atoms with Crippen LogP contribution in [0.5, 0.6) is 0 Å². The summed E-state index contributed by atoms with van der Waals surface area (Å²) in [5, 5.41) is 16.7. The first-order valence-electron chi connectivity index (χ1n) is 5.08. The minimum Gasteiger partial charge on any atom is -0.392 e. The molecule has 1 aliphatic rings. The maximum Gasteiger partial charge on any atom is 0.128 e. The fourth-order valence-electron chi connectivity index (χ4n) is 1.90. The van der Waals surface area contributed by atoms with Crippen LogP contribution in [-0.4, -0.2) is 22.4 Å². The average molecular weight is 196 g/mol. The van der Waals surface area contributed by atoms with Gasteiger partial charge in [0.15, 0.2) is 0 Å². The molecule has 1 aliphatic carbocycles. The molecule has 2 atom stereocenters. The molecule has 1 heterocycles. The maximum atomic E-state index is 9.59. The van der Waals surface area contributed by atoms with Crippen molar-refractivity contribution in [1.29, 1.82) is 0 Å². The van der Waals surface area contributed by atoms with Crippen LogP contribution in [0.2, 0.25) is 0 Å². The Hall–Kier alpha value is -0.870. The minimum atomic E-state index is -0.185. The molecule has 2 unspecified atom stereocenters. The van der Waals surface area contributed by atoms with Gasteiger partial charge in [-0.15, -0.1) is 0 Å². The molecular formula is C10H16N2O2. The lowest BCUT2D eigenvalue weighted by Crippen LogP contribution is -2.35. The van der Waals surface area contributed by atoms with E-state index in [2.05, 4.69) is 10.5 Å². The summed E-state index contributed by atoms with van der Waals surface area (Å²) in [7, 11) is 0. The Morgan fingerprint density at radius 1 is 1.64 bits per heavy atom. The Balaban J connectivity index is 1.85. The van der Waals surface area contributed by atoms with E-state index in [9.17, 15) is 5.11 Å². The van der Waals surface area contributed by atoms with Gasteiger partial charge in [0.1, 0.15) is 6.26 Å². The van der Waals surface area contributed by atoms with Crippen molar-refractivity contribution >= 4 is 0 Å². The van der Waals surface area contributed by atoms with E-state index < -0.39 is 0 Å². The van der Waals surface area contributed by atoms with Gasteiger partial charge in [-0.2, -0.15) is 0 Å². The van der Waals surface area contributed by atoms with Gasteiger partial charge in [0.25, 0.3) is 0 Å². The summed E-state index contributed by atoms with van der Waals surface area (Å²) in [5.74, 6) is 0. The molecule has 0 bridgehead atoms.